The van der Waals surface area contributed by atoms with Crippen LogP contribution in [0.5, 0.6) is 0 Å². The molecule has 0 bridgehead atoms. The standard InChI is InChI=1S/C26H27FN2/c1-20(15-16-21-9-3-2-4-10-21)28-17-23-19-29(26-14-8-6-12-24(23)26)18-22-11-5-7-13-25(22)27/h2-14,19-20,28H,15-18H2,1H3/t20-/m1/s1. The molecule has 1 heterocycles. The average Bonchev–Trinajstić information content (AvgIpc) is 3.11. The molecular weight excluding hydrogens is 359 g/mol. The lowest BCUT2D eigenvalue weighted by Crippen LogP contribution is -2.25. The van der Waals surface area contributed by atoms with Gasteiger partial charge in [-0.15, -0.1) is 0 Å². The first-order valence-electron chi connectivity index (χ1n) is 10.3. The van der Waals surface area contributed by atoms with E-state index in [2.05, 4.69) is 71.5 Å². The van der Waals surface area contributed by atoms with E-state index in [1.54, 1.807) is 6.07 Å². The third kappa shape index (κ3) is 4.75. The van der Waals surface area contributed by atoms with Gasteiger partial charge in [-0.2, -0.15) is 0 Å². The molecule has 29 heavy (non-hydrogen) atoms. The topological polar surface area (TPSA) is 17.0 Å². The number of nitrogens with zero attached hydrogens (tertiary/aromatic N) is 1. The summed E-state index contributed by atoms with van der Waals surface area (Å²) in [7, 11) is 0. The fourth-order valence-electron chi connectivity index (χ4n) is 3.82. The summed E-state index contributed by atoms with van der Waals surface area (Å²) in [6.45, 7) is 3.58. The van der Waals surface area contributed by atoms with Gasteiger partial charge < -0.3 is 9.88 Å². The molecule has 0 amide bonds. The van der Waals surface area contributed by atoms with Crippen LogP contribution >= 0.6 is 0 Å². The van der Waals surface area contributed by atoms with Gasteiger partial charge in [0.25, 0.3) is 0 Å². The predicted octanol–water partition coefficient (Wildman–Crippen LogP) is 5.94. The van der Waals surface area contributed by atoms with Gasteiger partial charge in [0.15, 0.2) is 0 Å². The van der Waals surface area contributed by atoms with Crippen molar-refractivity contribution in [3.63, 3.8) is 0 Å². The summed E-state index contributed by atoms with van der Waals surface area (Å²) in [6, 6.07) is 26.4. The molecule has 0 aliphatic rings. The number of hydrogen-bond donors (Lipinski definition) is 1. The molecule has 3 heteroatoms. The highest BCUT2D eigenvalue weighted by Crippen LogP contribution is 2.23. The van der Waals surface area contributed by atoms with Crippen LogP contribution in [0.2, 0.25) is 0 Å². The number of para-hydroxylation sites is 1. The summed E-state index contributed by atoms with van der Waals surface area (Å²) in [6.07, 6.45) is 4.33. The number of aryl methyl sites for hydroxylation is 1. The molecule has 0 spiro atoms. The highest BCUT2D eigenvalue weighted by Gasteiger charge is 2.11. The van der Waals surface area contributed by atoms with Crippen LogP contribution in [0, 0.1) is 5.82 Å². The number of hydrogen-bond acceptors (Lipinski definition) is 1. The molecular formula is C26H27FN2. The molecule has 2 nitrogen and oxygen atoms in total. The third-order valence-corrected chi connectivity index (χ3v) is 5.52. The Morgan fingerprint density at radius 3 is 2.41 bits per heavy atom. The second kappa shape index (κ2) is 9.06. The molecule has 0 saturated carbocycles. The highest BCUT2D eigenvalue weighted by molar-refractivity contribution is 5.84. The maximum Gasteiger partial charge on any atom is 0.128 e. The van der Waals surface area contributed by atoms with Crippen molar-refractivity contribution in [1.29, 1.82) is 0 Å². The molecule has 0 aliphatic carbocycles. The van der Waals surface area contributed by atoms with Crippen molar-refractivity contribution < 1.29 is 4.39 Å². The summed E-state index contributed by atoms with van der Waals surface area (Å²) in [5.74, 6) is -0.153. The van der Waals surface area contributed by atoms with Crippen LogP contribution in [0.3, 0.4) is 0 Å². The average molecular weight is 387 g/mol. The van der Waals surface area contributed by atoms with Crippen molar-refractivity contribution >= 4 is 10.9 Å². The molecule has 148 valence electrons. The predicted molar refractivity (Wildman–Crippen MR) is 119 cm³/mol. The number of halogens is 1. The summed E-state index contributed by atoms with van der Waals surface area (Å²) in [4.78, 5) is 0. The van der Waals surface area contributed by atoms with Gasteiger partial charge >= 0.3 is 0 Å². The van der Waals surface area contributed by atoms with Crippen LogP contribution < -0.4 is 5.32 Å². The summed E-state index contributed by atoms with van der Waals surface area (Å²) < 4.78 is 16.3. The van der Waals surface area contributed by atoms with Gasteiger partial charge in [-0.3, -0.25) is 0 Å². The number of nitrogens with one attached hydrogen (secondary N) is 1. The van der Waals surface area contributed by atoms with Crippen LogP contribution in [0.1, 0.15) is 30.0 Å². The Kier molecular flexibility index (Phi) is 6.06. The second-order valence-electron chi connectivity index (χ2n) is 7.70. The first-order valence-corrected chi connectivity index (χ1v) is 10.3. The molecule has 0 fully saturated rings. The molecule has 1 N–H and O–H groups in total. The molecule has 4 rings (SSSR count). The molecule has 4 aromatic rings. The van der Waals surface area contributed by atoms with E-state index in [1.807, 2.05) is 18.2 Å². The lowest BCUT2D eigenvalue weighted by atomic mass is 10.1. The Balaban J connectivity index is 1.45. The molecule has 0 radical (unpaired) electrons. The van der Waals surface area contributed by atoms with Crippen molar-refractivity contribution in [2.75, 3.05) is 0 Å². The smallest absolute Gasteiger partial charge is 0.128 e. The number of aromatic nitrogens is 1. The SMILES string of the molecule is C[C@H](CCc1ccccc1)NCc1cn(Cc2ccccc2F)c2ccccc12. The fourth-order valence-corrected chi connectivity index (χ4v) is 3.82. The van der Waals surface area contributed by atoms with E-state index in [9.17, 15) is 4.39 Å². The zero-order chi connectivity index (χ0) is 20.1. The zero-order valence-corrected chi connectivity index (χ0v) is 16.8. The second-order valence-corrected chi connectivity index (χ2v) is 7.70. The van der Waals surface area contributed by atoms with Gasteiger partial charge in [0, 0.05) is 35.2 Å². The highest BCUT2D eigenvalue weighted by atomic mass is 19.1. The van der Waals surface area contributed by atoms with Gasteiger partial charge in [-0.25, -0.2) is 4.39 Å². The maximum absolute atomic E-state index is 14.1. The Morgan fingerprint density at radius 1 is 0.862 bits per heavy atom. The lowest BCUT2D eigenvalue weighted by molar-refractivity contribution is 0.514. The summed E-state index contributed by atoms with van der Waals surface area (Å²) in [5.41, 5.74) is 4.49. The fraction of sp³-hybridized carbons (Fsp3) is 0.231. The van der Waals surface area contributed by atoms with Crippen LogP contribution in [0.25, 0.3) is 10.9 Å². The van der Waals surface area contributed by atoms with E-state index in [-0.39, 0.29) is 5.82 Å². The van der Waals surface area contributed by atoms with Crippen LogP contribution in [0.15, 0.2) is 85.1 Å². The Hall–Kier alpha value is -2.91. The minimum Gasteiger partial charge on any atom is -0.343 e. The van der Waals surface area contributed by atoms with Gasteiger partial charge in [-0.05, 0) is 43.0 Å². The minimum atomic E-state index is -0.153. The normalized spacial score (nSPS) is 12.3. The van der Waals surface area contributed by atoms with Crippen molar-refractivity contribution in [2.24, 2.45) is 0 Å². The van der Waals surface area contributed by atoms with Crippen LogP contribution in [-0.2, 0) is 19.5 Å². The van der Waals surface area contributed by atoms with Gasteiger partial charge in [0.2, 0.25) is 0 Å². The van der Waals surface area contributed by atoms with E-state index >= 15 is 0 Å². The minimum absolute atomic E-state index is 0.153. The van der Waals surface area contributed by atoms with Crippen molar-refractivity contribution in [3.8, 4) is 0 Å². The summed E-state index contributed by atoms with van der Waals surface area (Å²) in [5, 5.41) is 4.89. The van der Waals surface area contributed by atoms with E-state index in [0.717, 1.165) is 24.9 Å². The Bertz CT molecular complexity index is 1070. The maximum atomic E-state index is 14.1. The Labute approximate surface area is 172 Å². The third-order valence-electron chi connectivity index (χ3n) is 5.52. The van der Waals surface area contributed by atoms with Gasteiger partial charge in [0.1, 0.15) is 5.82 Å². The van der Waals surface area contributed by atoms with Gasteiger partial charge in [-0.1, -0.05) is 66.7 Å². The van der Waals surface area contributed by atoms with Crippen LogP contribution in [-0.4, -0.2) is 10.6 Å². The van der Waals surface area contributed by atoms with E-state index in [1.165, 1.54) is 22.6 Å². The molecule has 1 atom stereocenters. The van der Waals surface area contributed by atoms with E-state index < -0.39 is 0 Å². The van der Waals surface area contributed by atoms with Crippen molar-refractivity contribution in [1.82, 2.24) is 9.88 Å². The van der Waals surface area contributed by atoms with Crippen LogP contribution in [0.4, 0.5) is 4.39 Å². The molecule has 0 aliphatic heterocycles. The van der Waals surface area contributed by atoms with E-state index in [4.69, 9.17) is 0 Å². The summed E-state index contributed by atoms with van der Waals surface area (Å²) >= 11 is 0. The quantitative estimate of drug-likeness (QED) is 0.396. The Morgan fingerprint density at radius 2 is 1.59 bits per heavy atom. The first kappa shape index (κ1) is 19.4. The number of benzene rings is 3. The first-order chi connectivity index (χ1) is 14.2. The zero-order valence-electron chi connectivity index (χ0n) is 16.8. The lowest BCUT2D eigenvalue weighted by Gasteiger charge is -2.13. The number of rotatable bonds is 8. The van der Waals surface area contributed by atoms with Gasteiger partial charge in [0.05, 0.1) is 6.54 Å². The monoisotopic (exact) mass is 386 g/mol. The number of fused-ring (bicyclic) bond motifs is 1. The largest absolute Gasteiger partial charge is 0.343 e. The molecule has 0 unspecified atom stereocenters. The molecule has 1 aromatic heterocycles. The molecule has 0 saturated heterocycles. The molecule has 3 aromatic carbocycles. The van der Waals surface area contributed by atoms with Crippen molar-refractivity contribution in [2.45, 2.75) is 38.9 Å². The van der Waals surface area contributed by atoms with E-state index in [0.29, 0.717) is 18.2 Å². The van der Waals surface area contributed by atoms with Crippen molar-refractivity contribution in [3.05, 3.63) is 108 Å².